The van der Waals surface area contributed by atoms with Crippen molar-refractivity contribution in [2.24, 2.45) is 5.92 Å². The second-order valence-electron chi connectivity index (χ2n) is 9.26. The van der Waals surface area contributed by atoms with Crippen molar-refractivity contribution in [3.8, 4) is 0 Å². The highest BCUT2D eigenvalue weighted by Crippen LogP contribution is 2.32. The molecular weight excluding hydrogens is 418 g/mol. The van der Waals surface area contributed by atoms with Gasteiger partial charge in [0.05, 0.1) is 23.8 Å². The van der Waals surface area contributed by atoms with Crippen LogP contribution < -0.4 is 5.56 Å². The van der Waals surface area contributed by atoms with Gasteiger partial charge in [0.15, 0.2) is 0 Å². The van der Waals surface area contributed by atoms with Gasteiger partial charge in [-0.15, -0.1) is 0 Å². The molecule has 2 aromatic rings. The van der Waals surface area contributed by atoms with Crippen molar-refractivity contribution in [2.75, 3.05) is 13.1 Å². The van der Waals surface area contributed by atoms with Crippen molar-refractivity contribution in [3.63, 3.8) is 0 Å². The summed E-state index contributed by atoms with van der Waals surface area (Å²) in [6.07, 6.45) is 12.4. The van der Waals surface area contributed by atoms with E-state index in [0.29, 0.717) is 48.8 Å². The van der Waals surface area contributed by atoms with Gasteiger partial charge >= 0.3 is 0 Å². The Morgan fingerprint density at radius 3 is 2.91 bits per heavy atom. The van der Waals surface area contributed by atoms with Gasteiger partial charge in [-0.3, -0.25) is 19.4 Å². The molecule has 1 fully saturated rings. The average molecular weight is 448 g/mol. The summed E-state index contributed by atoms with van der Waals surface area (Å²) in [7, 11) is 0. The van der Waals surface area contributed by atoms with Crippen LogP contribution in [-0.4, -0.2) is 49.7 Å². The largest absolute Gasteiger partial charge is 0.334 e. The maximum atomic E-state index is 13.0. The van der Waals surface area contributed by atoms with Crippen molar-refractivity contribution in [2.45, 2.75) is 58.0 Å². The number of fused-ring (bicyclic) bond motifs is 1. The Morgan fingerprint density at radius 1 is 1.24 bits per heavy atom. The van der Waals surface area contributed by atoms with Crippen molar-refractivity contribution in [1.82, 2.24) is 24.8 Å². The first-order valence-corrected chi connectivity index (χ1v) is 11.8. The Labute approximate surface area is 192 Å². The molecule has 0 saturated carbocycles. The third-order valence-electron chi connectivity index (χ3n) is 7.06. The predicted octanol–water partition coefficient (Wildman–Crippen LogP) is 2.69. The van der Waals surface area contributed by atoms with Crippen LogP contribution in [0.2, 0.25) is 0 Å². The van der Waals surface area contributed by atoms with Crippen LogP contribution in [0.1, 0.15) is 71.1 Å². The number of H-pyrrole nitrogens is 1. The molecule has 8 nitrogen and oxygen atoms in total. The van der Waals surface area contributed by atoms with E-state index in [4.69, 9.17) is 4.98 Å². The number of pyridine rings is 1. The highest BCUT2D eigenvalue weighted by Gasteiger charge is 2.34. The van der Waals surface area contributed by atoms with Gasteiger partial charge in [-0.1, -0.05) is 12.2 Å². The minimum atomic E-state index is -0.211. The minimum absolute atomic E-state index is 0.0995. The maximum Gasteiger partial charge on any atom is 0.256 e. The highest BCUT2D eigenvalue weighted by molar-refractivity contribution is 5.95. The summed E-state index contributed by atoms with van der Waals surface area (Å²) in [5, 5.41) is 0. The summed E-state index contributed by atoms with van der Waals surface area (Å²) >= 11 is 0. The van der Waals surface area contributed by atoms with Gasteiger partial charge < -0.3 is 14.8 Å². The van der Waals surface area contributed by atoms with Gasteiger partial charge in [-0.05, 0) is 50.2 Å². The van der Waals surface area contributed by atoms with Gasteiger partial charge in [0, 0.05) is 43.9 Å². The topological polar surface area (TPSA) is 99.3 Å². The molecule has 0 bridgehead atoms. The number of nitrogens with one attached hydrogen (secondary N) is 1. The van der Waals surface area contributed by atoms with Crippen LogP contribution in [0.4, 0.5) is 0 Å². The molecule has 4 heterocycles. The Hall–Kier alpha value is -3.29. The van der Waals surface area contributed by atoms with Crippen molar-refractivity contribution in [1.29, 1.82) is 0 Å². The van der Waals surface area contributed by atoms with E-state index in [9.17, 15) is 14.4 Å². The molecule has 1 N–H and O–H groups in total. The van der Waals surface area contributed by atoms with Gasteiger partial charge in [-0.25, -0.2) is 4.98 Å². The zero-order chi connectivity index (χ0) is 22.9. The number of hydrogen-bond donors (Lipinski definition) is 1. The SMILES string of the molecule is Cc1cnccc1C(=O)N1CCc2nc(C3CCCN3C(=O)CC3C=CCC3)[nH]c(=O)c2C1. The fourth-order valence-corrected chi connectivity index (χ4v) is 5.22. The van der Waals surface area contributed by atoms with E-state index >= 15 is 0 Å². The van der Waals surface area contributed by atoms with Crippen LogP contribution in [0.3, 0.4) is 0 Å². The number of amides is 2. The van der Waals surface area contributed by atoms with E-state index in [1.54, 1.807) is 23.4 Å². The third-order valence-corrected chi connectivity index (χ3v) is 7.06. The molecule has 33 heavy (non-hydrogen) atoms. The molecule has 2 atom stereocenters. The number of aromatic amines is 1. The zero-order valence-corrected chi connectivity index (χ0v) is 18.9. The molecule has 0 radical (unpaired) electrons. The molecule has 5 rings (SSSR count). The lowest BCUT2D eigenvalue weighted by atomic mass is 10.0. The Kier molecular flexibility index (Phi) is 5.83. The van der Waals surface area contributed by atoms with Gasteiger partial charge in [-0.2, -0.15) is 0 Å². The first kappa shape index (κ1) is 21.6. The summed E-state index contributed by atoms with van der Waals surface area (Å²) in [5.74, 6) is 0.939. The van der Waals surface area contributed by atoms with E-state index in [0.717, 1.165) is 36.9 Å². The normalized spacial score (nSPS) is 22.0. The van der Waals surface area contributed by atoms with Crippen LogP contribution in [0.5, 0.6) is 0 Å². The molecule has 2 unspecified atom stereocenters. The van der Waals surface area contributed by atoms with Crippen LogP contribution in [0.15, 0.2) is 35.4 Å². The van der Waals surface area contributed by atoms with Gasteiger partial charge in [0.1, 0.15) is 5.82 Å². The number of carbonyl (C=O) groups excluding carboxylic acids is 2. The molecule has 172 valence electrons. The Bertz CT molecular complexity index is 1170. The van der Waals surface area contributed by atoms with Crippen molar-refractivity contribution >= 4 is 11.8 Å². The van der Waals surface area contributed by atoms with Crippen LogP contribution in [0, 0.1) is 12.8 Å². The second-order valence-corrected chi connectivity index (χ2v) is 9.26. The third kappa shape index (κ3) is 4.21. The summed E-state index contributed by atoms with van der Waals surface area (Å²) in [6.45, 7) is 3.30. The molecule has 2 aromatic heterocycles. The van der Waals surface area contributed by atoms with E-state index < -0.39 is 0 Å². The average Bonchev–Trinajstić information content (AvgIpc) is 3.51. The van der Waals surface area contributed by atoms with E-state index in [1.165, 1.54) is 0 Å². The molecule has 0 aromatic carbocycles. The molecule has 8 heteroatoms. The number of likely N-dealkylation sites (tertiary alicyclic amines) is 1. The van der Waals surface area contributed by atoms with Crippen LogP contribution >= 0.6 is 0 Å². The van der Waals surface area contributed by atoms with E-state index in [1.807, 2.05) is 11.8 Å². The van der Waals surface area contributed by atoms with Crippen LogP contribution in [0.25, 0.3) is 0 Å². The monoisotopic (exact) mass is 447 g/mol. The minimum Gasteiger partial charge on any atom is -0.334 e. The molecule has 2 amide bonds. The van der Waals surface area contributed by atoms with E-state index in [2.05, 4.69) is 22.1 Å². The lowest BCUT2D eigenvalue weighted by molar-refractivity contribution is -0.133. The maximum absolute atomic E-state index is 13.0. The summed E-state index contributed by atoms with van der Waals surface area (Å²) < 4.78 is 0. The first-order chi connectivity index (χ1) is 16.0. The molecule has 0 spiro atoms. The lowest BCUT2D eigenvalue weighted by Crippen LogP contribution is -2.41. The number of allylic oxidation sites excluding steroid dienone is 2. The number of hydrogen-bond acceptors (Lipinski definition) is 5. The smallest absolute Gasteiger partial charge is 0.256 e. The molecular formula is C25H29N5O3. The number of aromatic nitrogens is 3. The summed E-state index contributed by atoms with van der Waals surface area (Å²) in [6, 6.07) is 1.53. The molecule has 1 aliphatic carbocycles. The number of nitrogens with zero attached hydrogens (tertiary/aromatic N) is 4. The fourth-order valence-electron chi connectivity index (χ4n) is 5.22. The fraction of sp³-hybridized carbons (Fsp3) is 0.480. The predicted molar refractivity (Wildman–Crippen MR) is 122 cm³/mol. The molecule has 1 saturated heterocycles. The number of rotatable bonds is 4. The Balaban J connectivity index is 1.34. The number of aryl methyl sites for hydroxylation is 1. The van der Waals surface area contributed by atoms with Crippen molar-refractivity contribution in [3.05, 3.63) is 69.2 Å². The number of carbonyl (C=O) groups is 2. The van der Waals surface area contributed by atoms with Gasteiger partial charge in [0.2, 0.25) is 5.91 Å². The molecule has 2 aliphatic heterocycles. The lowest BCUT2D eigenvalue weighted by Gasteiger charge is -2.30. The van der Waals surface area contributed by atoms with Gasteiger partial charge in [0.25, 0.3) is 11.5 Å². The summed E-state index contributed by atoms with van der Waals surface area (Å²) in [5.41, 5.74) is 2.48. The molecule has 3 aliphatic rings. The highest BCUT2D eigenvalue weighted by atomic mass is 16.2. The quantitative estimate of drug-likeness (QED) is 0.727. The second kappa shape index (κ2) is 8.92. The summed E-state index contributed by atoms with van der Waals surface area (Å²) in [4.78, 5) is 54.3. The van der Waals surface area contributed by atoms with Crippen LogP contribution in [-0.2, 0) is 17.8 Å². The first-order valence-electron chi connectivity index (χ1n) is 11.8. The zero-order valence-electron chi connectivity index (χ0n) is 18.9. The van der Waals surface area contributed by atoms with Crippen molar-refractivity contribution < 1.29 is 9.59 Å². The van der Waals surface area contributed by atoms with E-state index in [-0.39, 0.29) is 30.0 Å². The standard InChI is InChI=1S/C25H29N5O3/c1-16-14-26-10-8-18(16)25(33)29-12-9-20-19(15-29)24(32)28-23(27-20)21-7-4-11-30(21)22(31)13-17-5-2-3-6-17/h2,5,8,10,14,17,21H,3-4,6-7,9,11-13,15H2,1H3,(H,27,28,32). The Morgan fingerprint density at radius 2 is 2.12 bits per heavy atom.